The first-order valence-electron chi connectivity index (χ1n) is 10.1. The van der Waals surface area contributed by atoms with E-state index in [4.69, 9.17) is 4.74 Å². The van der Waals surface area contributed by atoms with Crippen molar-refractivity contribution in [2.45, 2.75) is 13.5 Å². The smallest absolute Gasteiger partial charge is 0.253 e. The summed E-state index contributed by atoms with van der Waals surface area (Å²) in [7, 11) is 0. The van der Waals surface area contributed by atoms with Crippen LogP contribution < -0.4 is 9.64 Å². The third-order valence-electron chi connectivity index (χ3n) is 5.28. The van der Waals surface area contributed by atoms with Crippen LogP contribution in [0, 0.1) is 6.92 Å². The number of aryl methyl sites for hydroxylation is 1. The molecule has 0 aromatic heterocycles. The van der Waals surface area contributed by atoms with Gasteiger partial charge in [-0.3, -0.25) is 4.79 Å². The number of carbonyl (C=O) groups excluding carboxylic acids is 1. The second kappa shape index (κ2) is 8.82. The monoisotopic (exact) mass is 386 g/mol. The molecule has 4 rings (SSSR count). The van der Waals surface area contributed by atoms with E-state index < -0.39 is 0 Å². The first-order chi connectivity index (χ1) is 14.2. The number of ether oxygens (including phenoxy) is 1. The van der Waals surface area contributed by atoms with Crippen LogP contribution >= 0.6 is 0 Å². The Kier molecular flexibility index (Phi) is 5.80. The molecular weight excluding hydrogens is 360 g/mol. The van der Waals surface area contributed by atoms with E-state index in [2.05, 4.69) is 29.2 Å². The molecule has 0 bridgehead atoms. The average Bonchev–Trinajstić information content (AvgIpc) is 2.78. The van der Waals surface area contributed by atoms with Crippen LogP contribution in [-0.2, 0) is 6.61 Å². The highest BCUT2D eigenvalue weighted by molar-refractivity contribution is 5.94. The third kappa shape index (κ3) is 4.77. The van der Waals surface area contributed by atoms with Gasteiger partial charge in [0.05, 0.1) is 0 Å². The van der Waals surface area contributed by atoms with E-state index in [0.29, 0.717) is 6.61 Å². The Morgan fingerprint density at radius 1 is 0.862 bits per heavy atom. The van der Waals surface area contributed by atoms with Crippen molar-refractivity contribution in [3.63, 3.8) is 0 Å². The van der Waals surface area contributed by atoms with Crippen LogP contribution in [0.25, 0.3) is 0 Å². The number of nitrogens with zero attached hydrogens (tertiary/aromatic N) is 2. The zero-order valence-electron chi connectivity index (χ0n) is 16.8. The summed E-state index contributed by atoms with van der Waals surface area (Å²) >= 11 is 0. The Bertz CT molecular complexity index is 946. The number of carbonyl (C=O) groups is 1. The standard InChI is InChI=1S/C25H26N2O2/c1-20-6-5-9-22(18-20)25(28)27-16-14-26(15-17-27)23-10-12-24(13-11-23)29-19-21-7-3-2-4-8-21/h2-13,18H,14-17,19H2,1H3. The highest BCUT2D eigenvalue weighted by atomic mass is 16.5. The molecule has 3 aromatic rings. The lowest BCUT2D eigenvalue weighted by Crippen LogP contribution is -2.48. The summed E-state index contributed by atoms with van der Waals surface area (Å²) < 4.78 is 5.87. The van der Waals surface area contributed by atoms with Gasteiger partial charge in [0.15, 0.2) is 0 Å². The average molecular weight is 386 g/mol. The fourth-order valence-electron chi connectivity index (χ4n) is 3.62. The third-order valence-corrected chi connectivity index (χ3v) is 5.28. The Morgan fingerprint density at radius 2 is 1.59 bits per heavy atom. The van der Waals surface area contributed by atoms with Gasteiger partial charge in [-0.1, -0.05) is 48.0 Å². The molecule has 29 heavy (non-hydrogen) atoms. The van der Waals surface area contributed by atoms with E-state index in [9.17, 15) is 4.79 Å². The predicted molar refractivity (Wildman–Crippen MR) is 117 cm³/mol. The molecule has 3 aromatic carbocycles. The van der Waals surface area contributed by atoms with Crippen molar-refractivity contribution in [1.29, 1.82) is 0 Å². The predicted octanol–water partition coefficient (Wildman–Crippen LogP) is 4.54. The zero-order valence-corrected chi connectivity index (χ0v) is 16.8. The van der Waals surface area contributed by atoms with E-state index in [-0.39, 0.29) is 5.91 Å². The summed E-state index contributed by atoms with van der Waals surface area (Å²) in [6.07, 6.45) is 0. The van der Waals surface area contributed by atoms with Gasteiger partial charge >= 0.3 is 0 Å². The van der Waals surface area contributed by atoms with Gasteiger partial charge in [0, 0.05) is 37.4 Å². The fraction of sp³-hybridized carbons (Fsp3) is 0.240. The van der Waals surface area contributed by atoms with Gasteiger partial charge in [-0.25, -0.2) is 0 Å². The maximum atomic E-state index is 12.7. The molecule has 0 radical (unpaired) electrons. The fourth-order valence-corrected chi connectivity index (χ4v) is 3.62. The molecule has 0 aliphatic carbocycles. The molecular formula is C25H26N2O2. The minimum Gasteiger partial charge on any atom is -0.489 e. The first kappa shape index (κ1) is 19.1. The second-order valence-corrected chi connectivity index (χ2v) is 7.42. The minimum absolute atomic E-state index is 0.123. The van der Waals surface area contributed by atoms with Crippen molar-refractivity contribution < 1.29 is 9.53 Å². The maximum absolute atomic E-state index is 12.7. The Labute approximate surface area is 172 Å². The summed E-state index contributed by atoms with van der Waals surface area (Å²) in [4.78, 5) is 17.0. The van der Waals surface area contributed by atoms with Gasteiger partial charge < -0.3 is 14.5 Å². The molecule has 1 saturated heterocycles. The van der Waals surface area contributed by atoms with Gasteiger partial charge in [0.2, 0.25) is 0 Å². The molecule has 4 heteroatoms. The Morgan fingerprint density at radius 3 is 2.28 bits per heavy atom. The number of benzene rings is 3. The van der Waals surface area contributed by atoms with Crippen LogP contribution in [-0.4, -0.2) is 37.0 Å². The summed E-state index contributed by atoms with van der Waals surface area (Å²) in [6, 6.07) is 26.2. The Balaban J connectivity index is 1.31. The molecule has 1 amide bonds. The second-order valence-electron chi connectivity index (χ2n) is 7.42. The van der Waals surface area contributed by atoms with Crippen LogP contribution in [0.2, 0.25) is 0 Å². The summed E-state index contributed by atoms with van der Waals surface area (Å²) in [5, 5.41) is 0. The number of amides is 1. The maximum Gasteiger partial charge on any atom is 0.253 e. The van der Waals surface area contributed by atoms with E-state index in [0.717, 1.165) is 48.6 Å². The molecule has 0 unspecified atom stereocenters. The summed E-state index contributed by atoms with van der Waals surface area (Å²) in [5.41, 5.74) is 4.22. The lowest BCUT2D eigenvalue weighted by Gasteiger charge is -2.36. The van der Waals surface area contributed by atoms with Crippen molar-refractivity contribution in [1.82, 2.24) is 4.90 Å². The molecule has 0 spiro atoms. The summed E-state index contributed by atoms with van der Waals surface area (Å²) in [6.45, 7) is 5.73. The lowest BCUT2D eigenvalue weighted by molar-refractivity contribution is 0.0746. The van der Waals surface area contributed by atoms with Crippen LogP contribution in [0.5, 0.6) is 5.75 Å². The quantitative estimate of drug-likeness (QED) is 0.646. The van der Waals surface area contributed by atoms with Gasteiger partial charge in [0.1, 0.15) is 12.4 Å². The number of rotatable bonds is 5. The van der Waals surface area contributed by atoms with Gasteiger partial charge in [-0.2, -0.15) is 0 Å². The van der Waals surface area contributed by atoms with Crippen LogP contribution in [0.4, 0.5) is 5.69 Å². The number of hydrogen-bond acceptors (Lipinski definition) is 3. The van der Waals surface area contributed by atoms with E-state index >= 15 is 0 Å². The molecule has 4 nitrogen and oxygen atoms in total. The Hall–Kier alpha value is -3.27. The van der Waals surface area contributed by atoms with Crippen molar-refractivity contribution in [3.8, 4) is 5.75 Å². The molecule has 1 fully saturated rings. The normalized spacial score (nSPS) is 14.0. The SMILES string of the molecule is Cc1cccc(C(=O)N2CCN(c3ccc(OCc4ccccc4)cc3)CC2)c1. The molecule has 1 aliphatic heterocycles. The minimum atomic E-state index is 0.123. The largest absolute Gasteiger partial charge is 0.489 e. The van der Waals surface area contributed by atoms with Gasteiger partial charge in [0.25, 0.3) is 5.91 Å². The van der Waals surface area contributed by atoms with E-state index in [1.165, 1.54) is 5.69 Å². The van der Waals surface area contributed by atoms with Crippen molar-refractivity contribution in [2.24, 2.45) is 0 Å². The number of hydrogen-bond donors (Lipinski definition) is 0. The van der Waals surface area contributed by atoms with Crippen molar-refractivity contribution in [3.05, 3.63) is 95.6 Å². The number of piperazine rings is 1. The molecule has 0 atom stereocenters. The summed E-state index contributed by atoms with van der Waals surface area (Å²) in [5.74, 6) is 0.990. The van der Waals surface area contributed by atoms with Crippen LogP contribution in [0.1, 0.15) is 21.5 Å². The van der Waals surface area contributed by atoms with Gasteiger partial charge in [-0.05, 0) is 48.9 Å². The lowest BCUT2D eigenvalue weighted by atomic mass is 10.1. The highest BCUT2D eigenvalue weighted by Crippen LogP contribution is 2.22. The molecule has 1 aliphatic rings. The molecule has 148 valence electrons. The zero-order chi connectivity index (χ0) is 20.1. The van der Waals surface area contributed by atoms with Crippen LogP contribution in [0.15, 0.2) is 78.9 Å². The highest BCUT2D eigenvalue weighted by Gasteiger charge is 2.22. The van der Waals surface area contributed by atoms with Crippen LogP contribution in [0.3, 0.4) is 0 Å². The molecule has 0 N–H and O–H groups in total. The number of anilines is 1. The topological polar surface area (TPSA) is 32.8 Å². The van der Waals surface area contributed by atoms with E-state index in [1.807, 2.05) is 66.4 Å². The first-order valence-corrected chi connectivity index (χ1v) is 10.1. The van der Waals surface area contributed by atoms with E-state index in [1.54, 1.807) is 0 Å². The van der Waals surface area contributed by atoms with Crippen molar-refractivity contribution in [2.75, 3.05) is 31.1 Å². The molecule has 0 saturated carbocycles. The molecule has 1 heterocycles. The van der Waals surface area contributed by atoms with Crippen molar-refractivity contribution >= 4 is 11.6 Å². The van der Waals surface area contributed by atoms with Gasteiger partial charge in [-0.15, -0.1) is 0 Å².